The number of H-pyrrole nitrogens is 2. The van der Waals surface area contributed by atoms with E-state index in [9.17, 15) is 8.42 Å². The highest BCUT2D eigenvalue weighted by Crippen LogP contribution is 2.16. The lowest BCUT2D eigenvalue weighted by Crippen LogP contribution is -2.19. The third kappa shape index (κ3) is 2.56. The van der Waals surface area contributed by atoms with E-state index in [1.165, 1.54) is 12.4 Å². The number of hydrogen-bond donors (Lipinski definition) is 5. The van der Waals surface area contributed by atoms with Crippen molar-refractivity contribution in [3.63, 3.8) is 0 Å². The maximum atomic E-state index is 12.1. The van der Waals surface area contributed by atoms with Crippen LogP contribution in [0.4, 0.5) is 5.82 Å². The number of anilines is 1. The molecule has 0 spiro atoms. The lowest BCUT2D eigenvalue weighted by molar-refractivity contribution is 0.318. The number of aryl methyl sites for hydroxylation is 1. The Morgan fingerprint density at radius 3 is 2.90 bits per heavy atom. The Kier molecular flexibility index (Phi) is 3.61. The summed E-state index contributed by atoms with van der Waals surface area (Å²) in [5, 5.41) is 17.4. The van der Waals surface area contributed by atoms with Crippen molar-refractivity contribution in [1.29, 1.82) is 0 Å². The predicted octanol–water partition coefficient (Wildman–Crippen LogP) is -0.410. The van der Waals surface area contributed by atoms with Gasteiger partial charge in [0.15, 0.2) is 10.9 Å². The molecule has 11 heteroatoms. The van der Waals surface area contributed by atoms with E-state index < -0.39 is 10.0 Å². The Morgan fingerprint density at radius 1 is 1.55 bits per heavy atom. The van der Waals surface area contributed by atoms with Crippen molar-refractivity contribution in [2.75, 3.05) is 4.72 Å². The number of nitrogens with two attached hydrogens (primary N) is 1. The lowest BCUT2D eigenvalue weighted by Gasteiger charge is -2.05. The number of hydrogen-bond acceptors (Lipinski definition) is 6. The third-order valence-corrected chi connectivity index (χ3v) is 3.75. The van der Waals surface area contributed by atoms with Crippen molar-refractivity contribution in [1.82, 2.24) is 20.2 Å². The minimum atomic E-state index is -3.87. The monoisotopic (exact) mass is 299 g/mol. The third-order valence-electron chi connectivity index (χ3n) is 2.49. The molecule has 0 aliphatic heterocycles. The van der Waals surface area contributed by atoms with Crippen LogP contribution in [-0.4, -0.2) is 39.6 Å². The second kappa shape index (κ2) is 5.21. The van der Waals surface area contributed by atoms with Crippen LogP contribution >= 0.6 is 0 Å². The summed E-state index contributed by atoms with van der Waals surface area (Å²) in [6.45, 7) is 1.84. The molecule has 108 valence electrons. The maximum Gasteiger partial charge on any atom is 0.280 e. The van der Waals surface area contributed by atoms with E-state index >= 15 is 0 Å². The normalized spacial score (nSPS) is 12.6. The molecule has 0 radical (unpaired) electrons. The summed E-state index contributed by atoms with van der Waals surface area (Å²) >= 11 is 0. The Bertz CT molecular complexity index is 730. The quantitative estimate of drug-likeness (QED) is 0.218. The molecular weight excluding hydrogens is 286 g/mol. The van der Waals surface area contributed by atoms with E-state index in [4.69, 9.17) is 10.9 Å². The molecule has 0 aliphatic carbocycles. The molecule has 6 N–H and O–H groups in total. The van der Waals surface area contributed by atoms with E-state index in [1.807, 2.05) is 6.92 Å². The van der Waals surface area contributed by atoms with Gasteiger partial charge < -0.3 is 15.9 Å². The molecule has 0 bridgehead atoms. The van der Waals surface area contributed by atoms with Crippen molar-refractivity contribution < 1.29 is 13.6 Å². The van der Waals surface area contributed by atoms with E-state index in [0.29, 0.717) is 12.2 Å². The molecule has 2 aromatic rings. The standard InChI is InChI=1S/C9H13N7O3S/c1-2-6-11-4-7(13-6)20(18,19)16-9-5(3-12-14-9)8(10)15-17/h3-4,17H,2H2,1H3,(H2,10,15)(H,11,13)(H2,12,14,16). The molecule has 2 heterocycles. The minimum absolute atomic E-state index is 0.00653. The lowest BCUT2D eigenvalue weighted by atomic mass is 10.3. The van der Waals surface area contributed by atoms with Gasteiger partial charge in [-0.1, -0.05) is 12.1 Å². The van der Waals surface area contributed by atoms with Gasteiger partial charge in [0.2, 0.25) is 0 Å². The summed E-state index contributed by atoms with van der Waals surface area (Å²) in [5.41, 5.74) is 5.54. The zero-order valence-electron chi connectivity index (χ0n) is 10.5. The fourth-order valence-corrected chi connectivity index (χ4v) is 2.44. The Hall–Kier alpha value is -2.56. The van der Waals surface area contributed by atoms with Gasteiger partial charge >= 0.3 is 0 Å². The zero-order chi connectivity index (χ0) is 14.8. The first-order valence-electron chi connectivity index (χ1n) is 5.56. The first kappa shape index (κ1) is 13.9. The van der Waals surface area contributed by atoms with Crippen molar-refractivity contribution >= 4 is 21.7 Å². The molecule has 20 heavy (non-hydrogen) atoms. The van der Waals surface area contributed by atoms with E-state index in [-0.39, 0.29) is 22.2 Å². The molecule has 0 saturated carbocycles. The number of rotatable bonds is 5. The second-order valence-electron chi connectivity index (χ2n) is 3.80. The first-order chi connectivity index (χ1) is 9.47. The van der Waals surface area contributed by atoms with Crippen LogP contribution in [0.15, 0.2) is 22.6 Å². The van der Waals surface area contributed by atoms with Gasteiger partial charge in [-0.3, -0.25) is 9.82 Å². The molecule has 2 aromatic heterocycles. The van der Waals surface area contributed by atoms with Gasteiger partial charge in [-0.05, 0) is 0 Å². The van der Waals surface area contributed by atoms with E-state index in [0.717, 1.165) is 0 Å². The van der Waals surface area contributed by atoms with Crippen molar-refractivity contribution in [3.05, 3.63) is 23.8 Å². The van der Waals surface area contributed by atoms with Gasteiger partial charge in [-0.15, -0.1) is 0 Å². The maximum absolute atomic E-state index is 12.1. The van der Waals surface area contributed by atoms with Crippen LogP contribution in [0.3, 0.4) is 0 Å². The van der Waals surface area contributed by atoms with Gasteiger partial charge in [0, 0.05) is 6.42 Å². The highest BCUT2D eigenvalue weighted by molar-refractivity contribution is 7.92. The van der Waals surface area contributed by atoms with Gasteiger partial charge in [0.05, 0.1) is 18.0 Å². The van der Waals surface area contributed by atoms with Gasteiger partial charge in [0.25, 0.3) is 10.0 Å². The van der Waals surface area contributed by atoms with Crippen LogP contribution in [0.1, 0.15) is 18.3 Å². The highest BCUT2D eigenvalue weighted by Gasteiger charge is 2.20. The number of amidine groups is 1. The summed E-state index contributed by atoms with van der Waals surface area (Å²) in [7, 11) is -3.87. The second-order valence-corrected chi connectivity index (χ2v) is 5.45. The van der Waals surface area contributed by atoms with Gasteiger partial charge in [0.1, 0.15) is 11.6 Å². The molecule has 0 amide bonds. The molecule has 10 nitrogen and oxygen atoms in total. The van der Waals surface area contributed by atoms with Gasteiger partial charge in [-0.2, -0.15) is 13.5 Å². The molecule has 0 aromatic carbocycles. The average Bonchev–Trinajstić information content (AvgIpc) is 3.06. The Labute approximate surface area is 114 Å². The van der Waals surface area contributed by atoms with Crippen molar-refractivity contribution in [3.8, 4) is 0 Å². The smallest absolute Gasteiger partial charge is 0.280 e. The van der Waals surface area contributed by atoms with Crippen molar-refractivity contribution in [2.24, 2.45) is 10.9 Å². The number of sulfonamides is 1. The molecule has 2 rings (SSSR count). The number of imidazole rings is 1. The predicted molar refractivity (Wildman–Crippen MR) is 69.9 cm³/mol. The SMILES string of the molecule is CCc1ncc(S(=O)(=O)Nc2[nH]ncc2C(N)=NO)[nH]1. The molecule has 0 atom stereocenters. The van der Waals surface area contributed by atoms with Crippen LogP contribution in [0.2, 0.25) is 0 Å². The molecule has 0 saturated heterocycles. The minimum Gasteiger partial charge on any atom is -0.409 e. The van der Waals surface area contributed by atoms with Crippen LogP contribution in [0, 0.1) is 0 Å². The van der Waals surface area contributed by atoms with Crippen LogP contribution < -0.4 is 10.5 Å². The topological polar surface area (TPSA) is 162 Å². The first-order valence-corrected chi connectivity index (χ1v) is 7.04. The molecule has 0 fully saturated rings. The number of aromatic amines is 2. The number of oxime groups is 1. The zero-order valence-corrected chi connectivity index (χ0v) is 11.3. The summed E-state index contributed by atoms with van der Waals surface area (Å²) < 4.78 is 26.5. The van der Waals surface area contributed by atoms with Crippen LogP contribution in [0.25, 0.3) is 0 Å². The Morgan fingerprint density at radius 2 is 2.30 bits per heavy atom. The largest absolute Gasteiger partial charge is 0.409 e. The highest BCUT2D eigenvalue weighted by atomic mass is 32.2. The molecular formula is C9H13N7O3S. The average molecular weight is 299 g/mol. The number of nitrogens with zero attached hydrogens (tertiary/aromatic N) is 3. The fourth-order valence-electron chi connectivity index (χ4n) is 1.46. The van der Waals surface area contributed by atoms with Crippen LogP contribution in [0.5, 0.6) is 0 Å². The fraction of sp³-hybridized carbons (Fsp3) is 0.222. The molecule has 0 aliphatic rings. The number of nitrogens with one attached hydrogen (secondary N) is 3. The summed E-state index contributed by atoms with van der Waals surface area (Å²) in [6, 6.07) is 0. The van der Waals surface area contributed by atoms with Crippen LogP contribution in [-0.2, 0) is 16.4 Å². The van der Waals surface area contributed by atoms with E-state index in [1.54, 1.807) is 0 Å². The number of aromatic nitrogens is 4. The Balaban J connectivity index is 2.31. The van der Waals surface area contributed by atoms with E-state index in [2.05, 4.69) is 30.0 Å². The summed E-state index contributed by atoms with van der Waals surface area (Å²) in [5.74, 6) is 0.273. The summed E-state index contributed by atoms with van der Waals surface area (Å²) in [6.07, 6.45) is 3.02. The molecule has 0 unspecified atom stereocenters. The summed E-state index contributed by atoms with van der Waals surface area (Å²) in [4.78, 5) is 6.59. The van der Waals surface area contributed by atoms with Gasteiger partial charge in [-0.25, -0.2) is 4.98 Å². The van der Waals surface area contributed by atoms with Crippen molar-refractivity contribution in [2.45, 2.75) is 18.4 Å².